The number of aryl methyl sites for hydroxylation is 1. The van der Waals surface area contributed by atoms with Gasteiger partial charge < -0.3 is 0 Å². The van der Waals surface area contributed by atoms with Crippen LogP contribution in [-0.4, -0.2) is 5.43 Å². The number of hydrogen-bond donors (Lipinski definition) is 0. The maximum atomic E-state index is 2.38. The van der Waals surface area contributed by atoms with E-state index in [1.807, 2.05) is 0 Å². The van der Waals surface area contributed by atoms with Crippen LogP contribution in [0.2, 0.25) is 13.1 Å². The summed E-state index contributed by atoms with van der Waals surface area (Å²) in [4.78, 5) is 0. The van der Waals surface area contributed by atoms with E-state index in [-0.39, 0.29) is 16.3 Å². The first-order valence-corrected chi connectivity index (χ1v) is 19.0. The van der Waals surface area contributed by atoms with Gasteiger partial charge in [0, 0.05) is 0 Å². The zero-order valence-electron chi connectivity index (χ0n) is 24.3. The molecule has 0 nitrogen and oxygen atoms in total. The third-order valence-electron chi connectivity index (χ3n) is 6.21. The predicted molar refractivity (Wildman–Crippen MR) is 157 cm³/mol. The van der Waals surface area contributed by atoms with Crippen LogP contribution in [0, 0.1) is 6.92 Å². The molecular weight excluding hydrogens is 516 g/mol. The van der Waals surface area contributed by atoms with Crippen molar-refractivity contribution in [3.05, 3.63) is 82.9 Å². The summed E-state index contributed by atoms with van der Waals surface area (Å²) in [5.74, 6) is 0. The van der Waals surface area contributed by atoms with Crippen molar-refractivity contribution in [2.45, 2.75) is 98.6 Å². The van der Waals surface area contributed by atoms with Gasteiger partial charge in [0.05, 0.1) is 0 Å². The molecule has 0 radical (unpaired) electrons. The molecule has 35 heavy (non-hydrogen) atoms. The van der Waals surface area contributed by atoms with Crippen molar-refractivity contribution in [1.82, 2.24) is 0 Å². The minimum atomic E-state index is 0.194. The Morgan fingerprint density at radius 1 is 0.629 bits per heavy atom. The van der Waals surface area contributed by atoms with E-state index in [1.165, 1.54) is 43.8 Å². The maximum absolute atomic E-state index is 2.38. The van der Waals surface area contributed by atoms with Crippen LogP contribution in [0.3, 0.4) is 0 Å². The van der Waals surface area contributed by atoms with Gasteiger partial charge in [0.15, 0.2) is 0 Å². The number of hydrogen-bond acceptors (Lipinski definition) is 0. The first-order valence-electron chi connectivity index (χ1n) is 12.8. The molecule has 0 aliphatic rings. The van der Waals surface area contributed by atoms with E-state index in [9.17, 15) is 0 Å². The Morgan fingerprint density at radius 3 is 1.26 bits per heavy atom. The Hall–Kier alpha value is -1.24. The van der Waals surface area contributed by atoms with Crippen LogP contribution in [-0.2, 0) is 39.6 Å². The molecule has 0 aromatic heterocycles. The SMILES string of the molecule is CC(C)(C)c1ccc2[cH-]c3ccc(C(C)(C)C)cc3c2c1.C[Si](C)=[Zr+2].Cc1cc(C(C)(C)C)c[cH-]1. The number of fused-ring (bicyclic) bond motifs is 3. The maximum Gasteiger partial charge on any atom is -0.0635 e. The van der Waals surface area contributed by atoms with E-state index < -0.39 is 0 Å². The minimum Gasteiger partial charge on any atom is -0.207 e. The van der Waals surface area contributed by atoms with Crippen molar-refractivity contribution in [3.8, 4) is 0 Å². The molecule has 0 unspecified atom stereocenters. The molecule has 0 fully saturated rings. The average molecular weight is 562 g/mol. The molecule has 186 valence electrons. The third kappa shape index (κ3) is 8.68. The summed E-state index contributed by atoms with van der Waals surface area (Å²) in [7, 11) is 0. The van der Waals surface area contributed by atoms with Gasteiger partial charge in [-0.2, -0.15) is 23.3 Å². The van der Waals surface area contributed by atoms with Gasteiger partial charge in [0.1, 0.15) is 0 Å². The molecule has 0 saturated heterocycles. The molecular formula is C33H46SiZr. The Kier molecular flexibility index (Phi) is 9.80. The van der Waals surface area contributed by atoms with Gasteiger partial charge in [-0.3, -0.25) is 0 Å². The summed E-state index contributed by atoms with van der Waals surface area (Å²) in [6.07, 6.45) is 0. The monoisotopic (exact) mass is 560 g/mol. The largest absolute Gasteiger partial charge is 0.207 e. The van der Waals surface area contributed by atoms with E-state index in [0.29, 0.717) is 5.41 Å². The fraction of sp³-hybridized carbons (Fsp3) is 0.455. The molecule has 0 N–H and O–H groups in total. The predicted octanol–water partition coefficient (Wildman–Crippen LogP) is 10.1. The van der Waals surface area contributed by atoms with Crippen LogP contribution in [0.15, 0.2) is 60.7 Å². The van der Waals surface area contributed by atoms with E-state index in [4.69, 9.17) is 0 Å². The van der Waals surface area contributed by atoms with Gasteiger partial charge in [-0.15, -0.1) is 39.7 Å². The molecule has 4 aromatic rings. The van der Waals surface area contributed by atoms with E-state index >= 15 is 0 Å². The van der Waals surface area contributed by atoms with Crippen molar-refractivity contribution in [2.75, 3.05) is 0 Å². The molecule has 4 rings (SSSR count). The van der Waals surface area contributed by atoms with Gasteiger partial charge in [-0.05, 0) is 10.8 Å². The minimum absolute atomic E-state index is 0.194. The van der Waals surface area contributed by atoms with Crippen LogP contribution in [0.4, 0.5) is 0 Å². The Bertz CT molecular complexity index is 1200. The summed E-state index contributed by atoms with van der Waals surface area (Å²) in [5, 5.41) is 5.49. The van der Waals surface area contributed by atoms with E-state index in [2.05, 4.69) is 143 Å². The van der Waals surface area contributed by atoms with Crippen molar-refractivity contribution in [1.29, 1.82) is 0 Å². The summed E-state index contributed by atoms with van der Waals surface area (Å²) in [6.45, 7) is 27.1. The second kappa shape index (κ2) is 11.4. The standard InChI is InChI=1S/C21H25.C10H15.C2H6Si.Zr/c1-20(2,3)16-9-7-14-11-15-8-10-17(21(4,5)6)13-19(15)18(14)12-16;1-8-5-6-9(7-8)10(2,3)4;1-3-2;/h7-13H,1-6H3;5-7H,1-4H3;1-2H3;/q2*-1;;+2. The van der Waals surface area contributed by atoms with Gasteiger partial charge >= 0.3 is 41.9 Å². The first-order chi connectivity index (χ1) is 15.9. The van der Waals surface area contributed by atoms with Crippen LogP contribution in [0.25, 0.3) is 21.5 Å². The van der Waals surface area contributed by atoms with Gasteiger partial charge in [-0.1, -0.05) is 110 Å². The number of rotatable bonds is 0. The molecule has 0 aliphatic carbocycles. The van der Waals surface area contributed by atoms with Crippen molar-refractivity contribution in [2.24, 2.45) is 0 Å². The summed E-state index contributed by atoms with van der Waals surface area (Å²) in [6, 6.07) is 22.8. The first kappa shape index (κ1) is 30.0. The molecule has 0 atom stereocenters. The Morgan fingerprint density at radius 2 is 1.00 bits per heavy atom. The summed E-state index contributed by atoms with van der Waals surface area (Å²) in [5.41, 5.74) is 6.53. The van der Waals surface area contributed by atoms with Crippen molar-refractivity contribution >= 4 is 27.0 Å². The van der Waals surface area contributed by atoms with Crippen LogP contribution >= 0.6 is 0 Å². The van der Waals surface area contributed by atoms with Crippen LogP contribution in [0.1, 0.15) is 84.6 Å². The number of benzene rings is 2. The molecule has 4 aromatic carbocycles. The van der Waals surface area contributed by atoms with Gasteiger partial charge in [-0.25, -0.2) is 6.07 Å². The molecule has 0 saturated carbocycles. The zero-order valence-corrected chi connectivity index (χ0v) is 27.7. The second-order valence-electron chi connectivity index (χ2n) is 13.2. The molecule has 0 heterocycles. The van der Waals surface area contributed by atoms with Gasteiger partial charge in [0.2, 0.25) is 0 Å². The topological polar surface area (TPSA) is 0 Å². The molecule has 0 spiro atoms. The van der Waals surface area contributed by atoms with Crippen molar-refractivity contribution < 1.29 is 23.3 Å². The van der Waals surface area contributed by atoms with E-state index in [0.717, 1.165) is 0 Å². The quantitative estimate of drug-likeness (QED) is 0.148. The fourth-order valence-corrected chi connectivity index (χ4v) is 3.96. The fourth-order valence-electron chi connectivity index (χ4n) is 3.96. The van der Waals surface area contributed by atoms with Crippen LogP contribution < -0.4 is 0 Å². The molecule has 0 aliphatic heterocycles. The van der Waals surface area contributed by atoms with Crippen LogP contribution in [0.5, 0.6) is 0 Å². The summed E-state index contributed by atoms with van der Waals surface area (Å²) >= 11 is 1.74. The smallest absolute Gasteiger partial charge is 0.0635 e. The normalized spacial score (nSPS) is 12.2. The molecule has 0 bridgehead atoms. The second-order valence-corrected chi connectivity index (χ2v) is 22.5. The Labute approximate surface area is 230 Å². The summed E-state index contributed by atoms with van der Waals surface area (Å²) < 4.78 is 0. The Balaban J connectivity index is 0.000000257. The molecule has 0 amide bonds. The van der Waals surface area contributed by atoms with E-state index in [1.54, 1.807) is 23.3 Å². The van der Waals surface area contributed by atoms with Crippen molar-refractivity contribution in [3.63, 3.8) is 0 Å². The average Bonchev–Trinajstić information content (AvgIpc) is 3.29. The third-order valence-corrected chi connectivity index (χ3v) is 6.21. The molecule has 2 heteroatoms. The van der Waals surface area contributed by atoms with Gasteiger partial charge in [0.25, 0.3) is 0 Å². The zero-order chi connectivity index (χ0) is 26.8.